The molecule has 2 aromatic carbocycles. The molecule has 3 amide bonds. The van der Waals surface area contributed by atoms with E-state index in [0.29, 0.717) is 11.3 Å². The van der Waals surface area contributed by atoms with Crippen molar-refractivity contribution in [2.24, 2.45) is 5.73 Å². The molecule has 0 saturated heterocycles. The standard InChI is InChI=1S/C32H38N6O7S/c1-46-13-12-25(36-29(41)22(33)14-18-16-34-23-8-4-2-6-20(18)23)30(42)38-27(15-19-17-35-24-9-5-3-7-21(19)24)31(43)37-26(32(44)45)10-11-28(39)40/h2-9,16-17,22,25-27,34-35H,10-15,33H2,1H3,(H,36,41)(H,37,43)(H,38,42)(H,39,40)(H,44,45). The molecule has 2 heterocycles. The Morgan fingerprint density at radius 3 is 1.83 bits per heavy atom. The van der Waals surface area contributed by atoms with Gasteiger partial charge in [-0.2, -0.15) is 11.8 Å². The molecule has 4 aromatic rings. The maximum atomic E-state index is 13.7. The molecule has 0 aliphatic heterocycles. The Bertz CT molecular complexity index is 1700. The van der Waals surface area contributed by atoms with Crippen molar-refractivity contribution < 1.29 is 34.2 Å². The van der Waals surface area contributed by atoms with E-state index in [1.807, 2.05) is 54.8 Å². The van der Waals surface area contributed by atoms with Gasteiger partial charge in [-0.3, -0.25) is 19.2 Å². The number of aliphatic carboxylic acids is 2. The van der Waals surface area contributed by atoms with Crippen LogP contribution in [0.5, 0.6) is 0 Å². The van der Waals surface area contributed by atoms with Crippen LogP contribution >= 0.6 is 11.8 Å². The number of nitrogens with one attached hydrogen (secondary N) is 5. The van der Waals surface area contributed by atoms with Crippen LogP contribution in [0.25, 0.3) is 21.8 Å². The number of aromatic amines is 2. The topological polar surface area (TPSA) is 219 Å². The lowest BCUT2D eigenvalue weighted by Gasteiger charge is -2.25. The number of aromatic nitrogens is 2. The zero-order chi connectivity index (χ0) is 33.2. The molecule has 4 unspecified atom stereocenters. The minimum absolute atomic E-state index is 0.00384. The predicted molar refractivity (Wildman–Crippen MR) is 175 cm³/mol. The summed E-state index contributed by atoms with van der Waals surface area (Å²) in [6.45, 7) is 0. The van der Waals surface area contributed by atoms with E-state index in [1.54, 1.807) is 12.4 Å². The molecular weight excluding hydrogens is 612 g/mol. The molecule has 4 atom stereocenters. The van der Waals surface area contributed by atoms with Gasteiger partial charge in [-0.1, -0.05) is 36.4 Å². The zero-order valence-corrected chi connectivity index (χ0v) is 26.1. The zero-order valence-electron chi connectivity index (χ0n) is 25.2. The number of hydrogen-bond donors (Lipinski definition) is 8. The van der Waals surface area contributed by atoms with Crippen molar-refractivity contribution >= 4 is 63.2 Å². The first-order chi connectivity index (χ1) is 22.1. The molecule has 4 rings (SSSR count). The third kappa shape index (κ3) is 8.88. The number of fused-ring (bicyclic) bond motifs is 2. The number of nitrogens with two attached hydrogens (primary N) is 1. The van der Waals surface area contributed by atoms with Crippen molar-refractivity contribution in [1.82, 2.24) is 25.9 Å². The largest absolute Gasteiger partial charge is 0.481 e. The first-order valence-corrected chi connectivity index (χ1v) is 16.2. The fourth-order valence-electron chi connectivity index (χ4n) is 5.21. The number of carbonyl (C=O) groups is 5. The number of rotatable bonds is 17. The van der Waals surface area contributed by atoms with E-state index < -0.39 is 60.2 Å². The van der Waals surface area contributed by atoms with E-state index in [2.05, 4.69) is 25.9 Å². The Morgan fingerprint density at radius 1 is 0.739 bits per heavy atom. The van der Waals surface area contributed by atoms with E-state index in [0.717, 1.165) is 27.4 Å². The maximum Gasteiger partial charge on any atom is 0.326 e. The fraction of sp³-hybridized carbons (Fsp3) is 0.344. The van der Waals surface area contributed by atoms with Crippen molar-refractivity contribution in [3.05, 3.63) is 72.1 Å². The number of benzene rings is 2. The van der Waals surface area contributed by atoms with Crippen molar-refractivity contribution in [1.29, 1.82) is 0 Å². The van der Waals surface area contributed by atoms with Gasteiger partial charge in [0, 0.05) is 47.0 Å². The van der Waals surface area contributed by atoms with Gasteiger partial charge in [-0.15, -0.1) is 0 Å². The van der Waals surface area contributed by atoms with Crippen molar-refractivity contribution in [3.8, 4) is 0 Å². The van der Waals surface area contributed by atoms with Gasteiger partial charge < -0.3 is 41.9 Å². The lowest BCUT2D eigenvalue weighted by molar-refractivity contribution is -0.143. The molecule has 0 saturated carbocycles. The maximum absolute atomic E-state index is 13.7. The number of carboxylic acids is 2. The number of thioether (sulfide) groups is 1. The summed E-state index contributed by atoms with van der Waals surface area (Å²) >= 11 is 1.47. The Balaban J connectivity index is 1.52. The summed E-state index contributed by atoms with van der Waals surface area (Å²) in [5.41, 5.74) is 9.54. The molecule has 0 fully saturated rings. The molecule has 0 bridgehead atoms. The van der Waals surface area contributed by atoms with Crippen LogP contribution in [0.3, 0.4) is 0 Å². The first kappa shape index (κ1) is 34.1. The SMILES string of the molecule is CSCCC(NC(=O)C(N)Cc1c[nH]c2ccccc12)C(=O)NC(Cc1c[nH]c2ccccc12)C(=O)NC(CCC(=O)O)C(=O)O. The van der Waals surface area contributed by atoms with Crippen LogP contribution < -0.4 is 21.7 Å². The van der Waals surface area contributed by atoms with Crippen LogP contribution in [0, 0.1) is 0 Å². The average molecular weight is 651 g/mol. The molecule has 13 nitrogen and oxygen atoms in total. The molecular formula is C32H38N6O7S. The lowest BCUT2D eigenvalue weighted by Crippen LogP contribution is -2.58. The number of carbonyl (C=O) groups excluding carboxylic acids is 3. The monoisotopic (exact) mass is 650 g/mol. The predicted octanol–water partition coefficient (Wildman–Crippen LogP) is 1.92. The number of amides is 3. The van der Waals surface area contributed by atoms with Crippen LogP contribution in [-0.4, -0.2) is 86.0 Å². The Hall–Kier alpha value is -4.82. The number of H-pyrrole nitrogens is 2. The smallest absolute Gasteiger partial charge is 0.326 e. The highest BCUT2D eigenvalue weighted by atomic mass is 32.2. The second-order valence-corrected chi connectivity index (χ2v) is 12.0. The van der Waals surface area contributed by atoms with E-state index in [4.69, 9.17) is 10.8 Å². The van der Waals surface area contributed by atoms with E-state index in [9.17, 15) is 29.1 Å². The quantitative estimate of drug-likeness (QED) is 0.0835. The molecule has 244 valence electrons. The summed E-state index contributed by atoms with van der Waals surface area (Å²) in [6.07, 6.45) is 5.01. The van der Waals surface area contributed by atoms with Gasteiger partial charge in [-0.25, -0.2) is 4.79 Å². The molecule has 0 radical (unpaired) electrons. The summed E-state index contributed by atoms with van der Waals surface area (Å²) in [7, 11) is 0. The van der Waals surface area contributed by atoms with Gasteiger partial charge in [0.1, 0.15) is 18.1 Å². The number of hydrogen-bond acceptors (Lipinski definition) is 7. The average Bonchev–Trinajstić information content (AvgIpc) is 3.64. The van der Waals surface area contributed by atoms with E-state index >= 15 is 0 Å². The minimum Gasteiger partial charge on any atom is -0.481 e. The summed E-state index contributed by atoms with van der Waals surface area (Å²) < 4.78 is 0. The Morgan fingerprint density at radius 2 is 1.26 bits per heavy atom. The van der Waals surface area contributed by atoms with E-state index in [-0.39, 0.29) is 25.7 Å². The lowest BCUT2D eigenvalue weighted by atomic mass is 10.0. The molecule has 0 aliphatic rings. The third-order valence-corrected chi connectivity index (χ3v) is 8.33. The van der Waals surface area contributed by atoms with Crippen LogP contribution in [-0.2, 0) is 36.8 Å². The van der Waals surface area contributed by atoms with Gasteiger partial charge in [0.2, 0.25) is 17.7 Å². The molecule has 46 heavy (non-hydrogen) atoms. The summed E-state index contributed by atoms with van der Waals surface area (Å²) in [5.74, 6) is -4.07. The third-order valence-electron chi connectivity index (χ3n) is 7.69. The van der Waals surface area contributed by atoms with E-state index in [1.165, 1.54) is 11.8 Å². The minimum atomic E-state index is -1.49. The van der Waals surface area contributed by atoms with Gasteiger partial charge in [0.25, 0.3) is 0 Å². The highest BCUT2D eigenvalue weighted by Crippen LogP contribution is 2.20. The van der Waals surface area contributed by atoms with Crippen molar-refractivity contribution in [3.63, 3.8) is 0 Å². The Labute approximate surface area is 269 Å². The Kier molecular flexibility index (Phi) is 11.8. The van der Waals surface area contributed by atoms with Crippen molar-refractivity contribution in [2.75, 3.05) is 12.0 Å². The van der Waals surface area contributed by atoms with Crippen LogP contribution in [0.1, 0.15) is 30.4 Å². The number of para-hydroxylation sites is 2. The summed E-state index contributed by atoms with van der Waals surface area (Å²) in [4.78, 5) is 69.5. The molecule has 9 N–H and O–H groups in total. The van der Waals surface area contributed by atoms with Crippen LogP contribution in [0.4, 0.5) is 0 Å². The van der Waals surface area contributed by atoms with Crippen LogP contribution in [0.2, 0.25) is 0 Å². The normalized spacial score (nSPS) is 13.9. The summed E-state index contributed by atoms with van der Waals surface area (Å²) in [6, 6.07) is 10.3. The number of carboxylic acid groups (broad SMARTS) is 2. The van der Waals surface area contributed by atoms with Gasteiger partial charge >= 0.3 is 11.9 Å². The second kappa shape index (κ2) is 16.0. The molecule has 2 aromatic heterocycles. The summed E-state index contributed by atoms with van der Waals surface area (Å²) in [5, 5.41) is 28.2. The highest BCUT2D eigenvalue weighted by Gasteiger charge is 2.31. The van der Waals surface area contributed by atoms with Crippen molar-refractivity contribution in [2.45, 2.75) is 56.3 Å². The first-order valence-electron chi connectivity index (χ1n) is 14.8. The van der Waals surface area contributed by atoms with Gasteiger partial charge in [-0.05, 0) is 54.5 Å². The van der Waals surface area contributed by atoms with Crippen LogP contribution in [0.15, 0.2) is 60.9 Å². The molecule has 14 heteroatoms. The van der Waals surface area contributed by atoms with Gasteiger partial charge in [0.15, 0.2) is 0 Å². The molecule has 0 spiro atoms. The highest BCUT2D eigenvalue weighted by molar-refractivity contribution is 7.98. The second-order valence-electron chi connectivity index (χ2n) is 11.0. The van der Waals surface area contributed by atoms with Gasteiger partial charge in [0.05, 0.1) is 6.04 Å². The molecule has 0 aliphatic carbocycles. The fourth-order valence-corrected chi connectivity index (χ4v) is 5.68.